The molecule has 1 aromatic heterocycles. The van der Waals surface area contributed by atoms with Gasteiger partial charge < -0.3 is 4.90 Å². The van der Waals surface area contributed by atoms with E-state index in [0.29, 0.717) is 0 Å². The van der Waals surface area contributed by atoms with Gasteiger partial charge in [0.05, 0.1) is 17.9 Å². The third kappa shape index (κ3) is 3.28. The maximum atomic E-state index is 4.45. The van der Waals surface area contributed by atoms with Crippen LogP contribution in [0.15, 0.2) is 6.07 Å². The smallest absolute Gasteiger partial charge is 0.0597 e. The molecule has 2 rings (SSSR count). The number of nitrogens with one attached hydrogen (secondary N) is 1. The lowest BCUT2D eigenvalue weighted by atomic mass is 10.3. The molecule has 0 spiro atoms. The fourth-order valence-corrected chi connectivity index (χ4v) is 2.17. The molecule has 5 nitrogen and oxygen atoms in total. The molecule has 0 bridgehead atoms. The second-order valence-electron chi connectivity index (χ2n) is 4.72. The van der Waals surface area contributed by atoms with Crippen LogP contribution in [0.1, 0.15) is 18.3 Å². The van der Waals surface area contributed by atoms with Crippen LogP contribution in [0.5, 0.6) is 0 Å². The van der Waals surface area contributed by atoms with Gasteiger partial charge in [0, 0.05) is 32.7 Å². The number of rotatable bonds is 4. The number of aromatic nitrogens is 2. The van der Waals surface area contributed by atoms with Crippen molar-refractivity contribution in [1.29, 1.82) is 0 Å². The van der Waals surface area contributed by atoms with E-state index in [9.17, 15) is 0 Å². The summed E-state index contributed by atoms with van der Waals surface area (Å²) in [5.41, 5.74) is 5.86. The molecular formula is C12H23N5. The maximum Gasteiger partial charge on any atom is 0.0597 e. The highest BCUT2D eigenvalue weighted by Crippen LogP contribution is 2.04. The molecule has 5 heteroatoms. The summed E-state index contributed by atoms with van der Waals surface area (Å²) in [6.45, 7) is 10.5. The van der Waals surface area contributed by atoms with Crippen LogP contribution in [0, 0.1) is 6.92 Å². The van der Waals surface area contributed by atoms with E-state index >= 15 is 0 Å². The fraction of sp³-hybridized carbons (Fsp3) is 0.750. The van der Waals surface area contributed by atoms with Gasteiger partial charge in [-0.2, -0.15) is 5.10 Å². The van der Waals surface area contributed by atoms with Crippen molar-refractivity contribution in [3.05, 3.63) is 17.5 Å². The monoisotopic (exact) mass is 237 g/mol. The molecule has 0 aromatic carbocycles. The zero-order valence-electron chi connectivity index (χ0n) is 11.1. The molecule has 1 N–H and O–H groups in total. The Morgan fingerprint density at radius 2 is 2.00 bits per heavy atom. The van der Waals surface area contributed by atoms with Gasteiger partial charge in [0.15, 0.2) is 0 Å². The van der Waals surface area contributed by atoms with Gasteiger partial charge in [0.25, 0.3) is 0 Å². The van der Waals surface area contributed by atoms with Crippen LogP contribution < -0.4 is 5.43 Å². The van der Waals surface area contributed by atoms with Crippen molar-refractivity contribution < 1.29 is 0 Å². The molecule has 0 aliphatic carbocycles. The average Bonchev–Trinajstić information content (AvgIpc) is 2.69. The Morgan fingerprint density at radius 3 is 2.65 bits per heavy atom. The van der Waals surface area contributed by atoms with E-state index in [1.165, 1.54) is 5.69 Å². The summed E-state index contributed by atoms with van der Waals surface area (Å²) < 4.78 is 2.07. The summed E-state index contributed by atoms with van der Waals surface area (Å²) >= 11 is 0. The zero-order valence-corrected chi connectivity index (χ0v) is 11.1. The van der Waals surface area contributed by atoms with Gasteiger partial charge in [-0.15, -0.1) is 0 Å². The first kappa shape index (κ1) is 12.5. The topological polar surface area (TPSA) is 36.3 Å². The van der Waals surface area contributed by atoms with Gasteiger partial charge in [-0.05, 0) is 27.0 Å². The van der Waals surface area contributed by atoms with Crippen molar-refractivity contribution in [2.24, 2.45) is 0 Å². The van der Waals surface area contributed by atoms with E-state index in [1.807, 2.05) is 6.92 Å². The minimum absolute atomic E-state index is 0.873. The second-order valence-corrected chi connectivity index (χ2v) is 4.72. The Bertz CT molecular complexity index is 352. The Labute approximate surface area is 103 Å². The van der Waals surface area contributed by atoms with E-state index in [1.54, 1.807) is 0 Å². The molecule has 1 aliphatic rings. The quantitative estimate of drug-likeness (QED) is 0.825. The highest BCUT2D eigenvalue weighted by molar-refractivity contribution is 5.08. The second kappa shape index (κ2) is 5.62. The first-order valence-corrected chi connectivity index (χ1v) is 6.39. The Morgan fingerprint density at radius 1 is 1.29 bits per heavy atom. The molecule has 17 heavy (non-hydrogen) atoms. The number of aryl methyl sites for hydroxylation is 2. The van der Waals surface area contributed by atoms with Crippen LogP contribution in [0.3, 0.4) is 0 Å². The molecular weight excluding hydrogens is 214 g/mol. The first-order chi connectivity index (χ1) is 8.19. The van der Waals surface area contributed by atoms with Crippen molar-refractivity contribution in [1.82, 2.24) is 25.1 Å². The number of nitrogens with zero attached hydrogens (tertiary/aromatic N) is 4. The Balaban J connectivity index is 1.85. The summed E-state index contributed by atoms with van der Waals surface area (Å²) in [7, 11) is 2.17. The molecule has 0 unspecified atom stereocenters. The highest BCUT2D eigenvalue weighted by atomic mass is 15.5. The number of hydrogen-bond donors (Lipinski definition) is 1. The van der Waals surface area contributed by atoms with Crippen molar-refractivity contribution in [3.8, 4) is 0 Å². The molecule has 2 heterocycles. The number of likely N-dealkylation sites (N-methyl/N-ethyl adjacent to an activating group) is 1. The van der Waals surface area contributed by atoms with Crippen LogP contribution in [-0.2, 0) is 13.1 Å². The van der Waals surface area contributed by atoms with Crippen molar-refractivity contribution >= 4 is 0 Å². The summed E-state index contributed by atoms with van der Waals surface area (Å²) in [4.78, 5) is 2.36. The summed E-state index contributed by atoms with van der Waals surface area (Å²) in [6.07, 6.45) is 0. The molecule has 0 saturated carbocycles. The van der Waals surface area contributed by atoms with E-state index in [2.05, 4.69) is 45.2 Å². The summed E-state index contributed by atoms with van der Waals surface area (Å²) in [5, 5.41) is 6.76. The first-order valence-electron chi connectivity index (χ1n) is 6.39. The Kier molecular flexibility index (Phi) is 4.15. The molecule has 0 radical (unpaired) electrons. The Hall–Kier alpha value is -0.910. The standard InChI is InChI=1S/C12H23N5/c1-4-17-12(9-11(2)14-17)10-13-16-7-5-15(3)6-8-16/h9,13H,4-8,10H2,1-3H3. The van der Waals surface area contributed by atoms with E-state index < -0.39 is 0 Å². The molecule has 1 aromatic rings. The predicted molar refractivity (Wildman–Crippen MR) is 68.5 cm³/mol. The molecule has 96 valence electrons. The lowest BCUT2D eigenvalue weighted by Crippen LogP contribution is -2.50. The molecule has 0 atom stereocenters. The van der Waals surface area contributed by atoms with Gasteiger partial charge in [-0.1, -0.05) is 0 Å². The number of piperazine rings is 1. The molecule has 1 aliphatic heterocycles. The lowest BCUT2D eigenvalue weighted by Gasteiger charge is -2.32. The van der Waals surface area contributed by atoms with Gasteiger partial charge in [-0.25, -0.2) is 10.4 Å². The van der Waals surface area contributed by atoms with E-state index in [0.717, 1.165) is 45.0 Å². The highest BCUT2D eigenvalue weighted by Gasteiger charge is 2.13. The van der Waals surface area contributed by atoms with Crippen molar-refractivity contribution in [2.45, 2.75) is 26.9 Å². The zero-order chi connectivity index (χ0) is 12.3. The van der Waals surface area contributed by atoms with Crippen LogP contribution in [0.4, 0.5) is 0 Å². The minimum atomic E-state index is 0.873. The van der Waals surface area contributed by atoms with Gasteiger partial charge in [0.2, 0.25) is 0 Å². The minimum Gasteiger partial charge on any atom is -0.304 e. The van der Waals surface area contributed by atoms with Crippen LogP contribution in [0.25, 0.3) is 0 Å². The average molecular weight is 237 g/mol. The third-order valence-electron chi connectivity index (χ3n) is 3.27. The van der Waals surface area contributed by atoms with E-state index in [-0.39, 0.29) is 0 Å². The fourth-order valence-electron chi connectivity index (χ4n) is 2.17. The number of hydrogen-bond acceptors (Lipinski definition) is 4. The SMILES string of the molecule is CCn1nc(C)cc1CNN1CCN(C)CC1. The maximum absolute atomic E-state index is 4.45. The van der Waals surface area contributed by atoms with Crippen molar-refractivity contribution in [2.75, 3.05) is 33.2 Å². The largest absolute Gasteiger partial charge is 0.304 e. The van der Waals surface area contributed by atoms with Crippen LogP contribution >= 0.6 is 0 Å². The normalized spacial score (nSPS) is 18.8. The van der Waals surface area contributed by atoms with Gasteiger partial charge in [0.1, 0.15) is 0 Å². The summed E-state index contributed by atoms with van der Waals surface area (Å²) in [6, 6.07) is 2.16. The van der Waals surface area contributed by atoms with E-state index in [4.69, 9.17) is 0 Å². The predicted octanol–water partition coefficient (Wildman–Crippen LogP) is 0.463. The van der Waals surface area contributed by atoms with Crippen LogP contribution in [-0.4, -0.2) is 52.9 Å². The van der Waals surface area contributed by atoms with Crippen molar-refractivity contribution in [3.63, 3.8) is 0 Å². The third-order valence-corrected chi connectivity index (χ3v) is 3.27. The lowest BCUT2D eigenvalue weighted by molar-refractivity contribution is 0.101. The molecule has 0 amide bonds. The van der Waals surface area contributed by atoms with Gasteiger partial charge >= 0.3 is 0 Å². The summed E-state index contributed by atoms with van der Waals surface area (Å²) in [5.74, 6) is 0. The number of hydrazine groups is 1. The van der Waals surface area contributed by atoms with Crippen LogP contribution in [0.2, 0.25) is 0 Å². The molecule has 1 saturated heterocycles. The van der Waals surface area contributed by atoms with Gasteiger partial charge in [-0.3, -0.25) is 4.68 Å². The molecule has 1 fully saturated rings.